The molecule has 0 unspecified atom stereocenters. The van der Waals surface area contributed by atoms with Crippen LogP contribution in [0.25, 0.3) is 0 Å². The Hall–Kier alpha value is -0.380. The predicted octanol–water partition coefficient (Wildman–Crippen LogP) is 1.81. The molecule has 1 heterocycles. The lowest BCUT2D eigenvalue weighted by Crippen LogP contribution is -2.43. The summed E-state index contributed by atoms with van der Waals surface area (Å²) in [4.78, 5) is 3.45. The van der Waals surface area contributed by atoms with Crippen molar-refractivity contribution >= 4 is 30.7 Å². The lowest BCUT2D eigenvalue weighted by molar-refractivity contribution is 0.587. The van der Waals surface area contributed by atoms with E-state index >= 15 is 0 Å². The van der Waals surface area contributed by atoms with Crippen molar-refractivity contribution in [2.75, 3.05) is 31.1 Å². The molecular formula is C10H15ClN2S. The van der Waals surface area contributed by atoms with Crippen LogP contribution < -0.4 is 10.2 Å². The molecule has 1 aliphatic rings. The Bertz CT molecular complexity index is 287. The number of thiol groups is 1. The minimum atomic E-state index is 0. The van der Waals surface area contributed by atoms with Gasteiger partial charge in [0.25, 0.3) is 0 Å². The molecule has 78 valence electrons. The minimum Gasteiger partial charge on any atom is -0.368 e. The SMILES string of the molecule is Cl.Sc1ccccc1N1CCNCC1. The Kier molecular flexibility index (Phi) is 4.58. The first-order chi connectivity index (χ1) is 6.38. The highest BCUT2D eigenvalue weighted by Crippen LogP contribution is 2.23. The van der Waals surface area contributed by atoms with Crippen molar-refractivity contribution in [3.63, 3.8) is 0 Å². The standard InChI is InChI=1S/C10H14N2S.ClH/c13-10-4-2-1-3-9(10)12-7-5-11-6-8-12;/h1-4,11,13H,5-8H2;1H. The fraction of sp³-hybridized carbons (Fsp3) is 0.400. The van der Waals surface area contributed by atoms with Crippen LogP contribution in [0.3, 0.4) is 0 Å². The van der Waals surface area contributed by atoms with Gasteiger partial charge in [0.2, 0.25) is 0 Å². The van der Waals surface area contributed by atoms with Gasteiger partial charge in [-0.05, 0) is 12.1 Å². The van der Waals surface area contributed by atoms with Gasteiger partial charge in [-0.15, -0.1) is 25.0 Å². The summed E-state index contributed by atoms with van der Waals surface area (Å²) >= 11 is 4.45. The van der Waals surface area contributed by atoms with E-state index in [-0.39, 0.29) is 12.4 Å². The summed E-state index contributed by atoms with van der Waals surface area (Å²) in [7, 11) is 0. The molecule has 1 N–H and O–H groups in total. The Morgan fingerprint density at radius 3 is 2.43 bits per heavy atom. The zero-order chi connectivity index (χ0) is 9.10. The van der Waals surface area contributed by atoms with Crippen molar-refractivity contribution in [1.29, 1.82) is 0 Å². The second-order valence-corrected chi connectivity index (χ2v) is 3.71. The largest absolute Gasteiger partial charge is 0.368 e. The number of hydrogen-bond acceptors (Lipinski definition) is 3. The van der Waals surface area contributed by atoms with E-state index in [4.69, 9.17) is 0 Å². The van der Waals surface area contributed by atoms with Gasteiger partial charge in [0.15, 0.2) is 0 Å². The Morgan fingerprint density at radius 2 is 1.79 bits per heavy atom. The zero-order valence-corrected chi connectivity index (χ0v) is 9.65. The van der Waals surface area contributed by atoms with E-state index in [1.165, 1.54) is 5.69 Å². The highest BCUT2D eigenvalue weighted by molar-refractivity contribution is 7.80. The van der Waals surface area contributed by atoms with Crippen molar-refractivity contribution in [2.24, 2.45) is 0 Å². The maximum absolute atomic E-state index is 4.45. The van der Waals surface area contributed by atoms with Crippen molar-refractivity contribution in [2.45, 2.75) is 4.90 Å². The number of nitrogens with one attached hydrogen (secondary N) is 1. The summed E-state index contributed by atoms with van der Waals surface area (Å²) in [6.45, 7) is 4.30. The highest BCUT2D eigenvalue weighted by atomic mass is 35.5. The van der Waals surface area contributed by atoms with E-state index in [1.54, 1.807) is 0 Å². The van der Waals surface area contributed by atoms with Gasteiger partial charge in [0.1, 0.15) is 0 Å². The molecule has 0 aromatic heterocycles. The lowest BCUT2D eigenvalue weighted by Gasteiger charge is -2.30. The Labute approximate surface area is 96.5 Å². The van der Waals surface area contributed by atoms with E-state index in [9.17, 15) is 0 Å². The number of nitrogens with zero attached hydrogens (tertiary/aromatic N) is 1. The first kappa shape index (κ1) is 11.7. The van der Waals surface area contributed by atoms with Crippen LogP contribution in [0, 0.1) is 0 Å². The lowest BCUT2D eigenvalue weighted by atomic mass is 10.2. The third kappa shape index (κ3) is 2.56. The molecule has 1 saturated heterocycles. The van der Waals surface area contributed by atoms with E-state index in [0.29, 0.717) is 0 Å². The van der Waals surface area contributed by atoms with Crippen LogP contribution >= 0.6 is 25.0 Å². The fourth-order valence-corrected chi connectivity index (χ4v) is 1.94. The number of rotatable bonds is 1. The van der Waals surface area contributed by atoms with Crippen LogP contribution in [-0.2, 0) is 0 Å². The van der Waals surface area contributed by atoms with Gasteiger partial charge < -0.3 is 10.2 Å². The molecule has 1 aromatic rings. The molecule has 14 heavy (non-hydrogen) atoms. The normalized spacial score (nSPS) is 16.2. The molecule has 4 heteroatoms. The van der Waals surface area contributed by atoms with Gasteiger partial charge in [-0.25, -0.2) is 0 Å². The Balaban J connectivity index is 0.000000980. The topological polar surface area (TPSA) is 15.3 Å². The van der Waals surface area contributed by atoms with Crippen molar-refractivity contribution in [3.8, 4) is 0 Å². The summed E-state index contributed by atoms with van der Waals surface area (Å²) in [5.41, 5.74) is 1.26. The minimum absolute atomic E-state index is 0. The van der Waals surface area contributed by atoms with Crippen LogP contribution in [0.5, 0.6) is 0 Å². The van der Waals surface area contributed by atoms with E-state index in [0.717, 1.165) is 31.1 Å². The fourth-order valence-electron chi connectivity index (χ4n) is 1.64. The quantitative estimate of drug-likeness (QED) is 0.716. The smallest absolute Gasteiger partial charge is 0.0502 e. The summed E-state index contributed by atoms with van der Waals surface area (Å²) < 4.78 is 0. The third-order valence-electron chi connectivity index (χ3n) is 2.34. The van der Waals surface area contributed by atoms with E-state index in [1.807, 2.05) is 12.1 Å². The number of piperazine rings is 1. The van der Waals surface area contributed by atoms with Crippen LogP contribution in [-0.4, -0.2) is 26.2 Å². The molecule has 0 saturated carbocycles. The van der Waals surface area contributed by atoms with Gasteiger partial charge in [0.05, 0.1) is 5.69 Å². The van der Waals surface area contributed by atoms with Gasteiger partial charge in [0, 0.05) is 31.1 Å². The molecule has 0 bridgehead atoms. The van der Waals surface area contributed by atoms with Crippen LogP contribution in [0.2, 0.25) is 0 Å². The summed E-state index contributed by atoms with van der Waals surface area (Å²) in [5, 5.41) is 3.34. The first-order valence-electron chi connectivity index (χ1n) is 4.61. The molecule has 1 fully saturated rings. The number of hydrogen-bond donors (Lipinski definition) is 2. The number of halogens is 1. The first-order valence-corrected chi connectivity index (χ1v) is 5.06. The Morgan fingerprint density at radius 1 is 1.14 bits per heavy atom. The zero-order valence-electron chi connectivity index (χ0n) is 7.94. The number of para-hydroxylation sites is 1. The maximum Gasteiger partial charge on any atom is 0.0502 e. The maximum atomic E-state index is 4.45. The van der Waals surface area contributed by atoms with Crippen molar-refractivity contribution in [3.05, 3.63) is 24.3 Å². The molecular weight excluding hydrogens is 216 g/mol. The molecule has 2 nitrogen and oxygen atoms in total. The molecule has 2 rings (SSSR count). The molecule has 1 aromatic carbocycles. The van der Waals surface area contributed by atoms with Crippen molar-refractivity contribution in [1.82, 2.24) is 5.32 Å². The summed E-state index contributed by atoms with van der Waals surface area (Å²) in [6.07, 6.45) is 0. The molecule has 0 spiro atoms. The summed E-state index contributed by atoms with van der Waals surface area (Å²) in [6, 6.07) is 8.26. The van der Waals surface area contributed by atoms with Crippen LogP contribution in [0.15, 0.2) is 29.2 Å². The van der Waals surface area contributed by atoms with Gasteiger partial charge >= 0.3 is 0 Å². The average Bonchev–Trinajstić information content (AvgIpc) is 2.20. The highest BCUT2D eigenvalue weighted by Gasteiger charge is 2.11. The van der Waals surface area contributed by atoms with E-state index in [2.05, 4.69) is 35.0 Å². The molecule has 0 atom stereocenters. The third-order valence-corrected chi connectivity index (χ3v) is 2.72. The monoisotopic (exact) mass is 230 g/mol. The van der Waals surface area contributed by atoms with Gasteiger partial charge in [-0.3, -0.25) is 0 Å². The van der Waals surface area contributed by atoms with Crippen LogP contribution in [0.4, 0.5) is 5.69 Å². The molecule has 0 radical (unpaired) electrons. The van der Waals surface area contributed by atoms with Crippen molar-refractivity contribution < 1.29 is 0 Å². The summed E-state index contributed by atoms with van der Waals surface area (Å²) in [5.74, 6) is 0. The molecule has 0 aliphatic carbocycles. The second kappa shape index (κ2) is 5.49. The van der Waals surface area contributed by atoms with Crippen LogP contribution in [0.1, 0.15) is 0 Å². The number of anilines is 1. The predicted molar refractivity (Wildman–Crippen MR) is 66.0 cm³/mol. The van der Waals surface area contributed by atoms with E-state index < -0.39 is 0 Å². The second-order valence-electron chi connectivity index (χ2n) is 3.23. The average molecular weight is 231 g/mol. The van der Waals surface area contributed by atoms with Gasteiger partial charge in [-0.1, -0.05) is 12.1 Å². The molecule has 1 aliphatic heterocycles. The van der Waals surface area contributed by atoms with Gasteiger partial charge in [-0.2, -0.15) is 0 Å². The number of benzene rings is 1. The molecule has 0 amide bonds.